The van der Waals surface area contributed by atoms with Crippen molar-refractivity contribution in [1.29, 1.82) is 0 Å². The molecule has 164 valence electrons. The van der Waals surface area contributed by atoms with Gasteiger partial charge in [-0.2, -0.15) is 0 Å². The number of ether oxygens (including phenoxy) is 1. The van der Waals surface area contributed by atoms with Crippen LogP contribution >= 0.6 is 0 Å². The van der Waals surface area contributed by atoms with Crippen molar-refractivity contribution in [2.45, 2.75) is 39.1 Å². The average Bonchev–Trinajstić information content (AvgIpc) is 3.09. The topological polar surface area (TPSA) is 74.3 Å². The Bertz CT molecular complexity index is 1210. The van der Waals surface area contributed by atoms with E-state index in [1.807, 2.05) is 47.1 Å². The van der Waals surface area contributed by atoms with Crippen LogP contribution in [0, 0.1) is 0 Å². The third-order valence-corrected chi connectivity index (χ3v) is 5.69. The second-order valence-electron chi connectivity index (χ2n) is 8.28. The number of hydrogen-bond donors (Lipinski definition) is 0. The van der Waals surface area contributed by atoms with Crippen LogP contribution in [0.1, 0.15) is 25.2 Å². The summed E-state index contributed by atoms with van der Waals surface area (Å²) in [4.78, 5) is 32.5. The molecule has 0 saturated carbocycles. The molecule has 2 atom stereocenters. The van der Waals surface area contributed by atoms with Gasteiger partial charge in [-0.05, 0) is 19.4 Å². The lowest BCUT2D eigenvalue weighted by atomic mass is 10.2. The molecule has 1 aliphatic heterocycles. The zero-order chi connectivity index (χ0) is 22.1. The number of rotatable bonds is 5. The third kappa shape index (κ3) is 4.26. The molecular formula is C23H29N5O3. The first-order chi connectivity index (χ1) is 14.8. The Hall–Kier alpha value is -2.97. The van der Waals surface area contributed by atoms with E-state index in [-0.39, 0.29) is 23.5 Å². The maximum absolute atomic E-state index is 13.0. The van der Waals surface area contributed by atoms with Crippen LogP contribution in [-0.4, -0.2) is 48.9 Å². The first-order valence-electron chi connectivity index (χ1n) is 10.6. The number of hydrogen-bond acceptors (Lipinski definition) is 5. The van der Waals surface area contributed by atoms with Gasteiger partial charge in [0, 0.05) is 33.7 Å². The van der Waals surface area contributed by atoms with E-state index >= 15 is 0 Å². The van der Waals surface area contributed by atoms with Gasteiger partial charge < -0.3 is 9.30 Å². The van der Waals surface area contributed by atoms with E-state index in [1.54, 1.807) is 7.05 Å². The summed E-state index contributed by atoms with van der Waals surface area (Å²) in [6.45, 7) is 6.79. The van der Waals surface area contributed by atoms with Crippen molar-refractivity contribution in [2.24, 2.45) is 14.1 Å². The van der Waals surface area contributed by atoms with E-state index in [2.05, 4.69) is 18.7 Å². The van der Waals surface area contributed by atoms with Crippen LogP contribution in [0.25, 0.3) is 17.2 Å². The molecule has 2 aromatic heterocycles. The summed E-state index contributed by atoms with van der Waals surface area (Å²) in [6.07, 6.45) is 4.32. The Morgan fingerprint density at radius 2 is 1.74 bits per heavy atom. The van der Waals surface area contributed by atoms with Crippen molar-refractivity contribution < 1.29 is 4.74 Å². The van der Waals surface area contributed by atoms with Crippen molar-refractivity contribution >= 4 is 17.2 Å². The molecule has 0 radical (unpaired) electrons. The monoisotopic (exact) mass is 423 g/mol. The maximum atomic E-state index is 13.0. The molecule has 1 aliphatic rings. The number of benzene rings is 1. The molecule has 1 fully saturated rings. The standard InChI is InChI=1S/C23H29N5O3/c1-16-13-27(14-17(2)31-16)15-19-24-21-20(22(29)26(4)23(30)25(21)3)28(19)12-8-11-18-9-6-5-7-10-18/h5-11,16-17H,12-15H2,1-4H3/b11-8+/t16-,17+. The van der Waals surface area contributed by atoms with Crippen molar-refractivity contribution in [3.05, 3.63) is 68.6 Å². The molecule has 8 heteroatoms. The molecule has 0 N–H and O–H groups in total. The predicted molar refractivity (Wildman–Crippen MR) is 121 cm³/mol. The smallest absolute Gasteiger partial charge is 0.332 e. The van der Waals surface area contributed by atoms with Crippen LogP contribution in [0.2, 0.25) is 0 Å². The second-order valence-corrected chi connectivity index (χ2v) is 8.28. The van der Waals surface area contributed by atoms with Gasteiger partial charge in [0.1, 0.15) is 5.82 Å². The van der Waals surface area contributed by atoms with Crippen LogP contribution in [0.15, 0.2) is 46.0 Å². The lowest BCUT2D eigenvalue weighted by Gasteiger charge is -2.35. The summed E-state index contributed by atoms with van der Waals surface area (Å²) in [5, 5.41) is 0. The SMILES string of the molecule is C[C@@H]1CN(Cc2nc3c(c(=O)n(C)c(=O)n3C)n2C/C=C/c2ccccc2)C[C@H](C)O1. The highest BCUT2D eigenvalue weighted by atomic mass is 16.5. The Labute approximate surface area is 181 Å². The van der Waals surface area contributed by atoms with Gasteiger partial charge >= 0.3 is 5.69 Å². The van der Waals surface area contributed by atoms with E-state index in [0.717, 1.165) is 29.0 Å². The van der Waals surface area contributed by atoms with Crippen LogP contribution < -0.4 is 11.2 Å². The van der Waals surface area contributed by atoms with Crippen molar-refractivity contribution in [3.8, 4) is 0 Å². The highest BCUT2D eigenvalue weighted by Gasteiger charge is 2.25. The first-order valence-corrected chi connectivity index (χ1v) is 10.6. The van der Waals surface area contributed by atoms with Gasteiger partial charge in [-0.25, -0.2) is 9.78 Å². The maximum Gasteiger partial charge on any atom is 0.332 e. The fourth-order valence-corrected chi connectivity index (χ4v) is 4.28. The van der Waals surface area contributed by atoms with E-state index < -0.39 is 0 Å². The minimum atomic E-state index is -0.373. The number of morpholine rings is 1. The summed E-state index contributed by atoms with van der Waals surface area (Å²) >= 11 is 0. The molecule has 1 aromatic carbocycles. The molecule has 8 nitrogen and oxygen atoms in total. The molecule has 1 saturated heterocycles. The second kappa shape index (κ2) is 8.64. The van der Waals surface area contributed by atoms with Gasteiger partial charge in [0.05, 0.1) is 18.8 Å². The van der Waals surface area contributed by atoms with Crippen LogP contribution in [0.3, 0.4) is 0 Å². The largest absolute Gasteiger partial charge is 0.373 e. The van der Waals surface area contributed by atoms with Gasteiger partial charge in [-0.1, -0.05) is 42.5 Å². The summed E-state index contributed by atoms with van der Waals surface area (Å²) < 4.78 is 10.4. The fourth-order valence-electron chi connectivity index (χ4n) is 4.28. The zero-order valence-electron chi connectivity index (χ0n) is 18.5. The lowest BCUT2D eigenvalue weighted by molar-refractivity contribution is -0.0712. The highest BCUT2D eigenvalue weighted by Crippen LogP contribution is 2.17. The van der Waals surface area contributed by atoms with Crippen LogP contribution in [-0.2, 0) is 31.9 Å². The molecule has 3 aromatic rings. The van der Waals surface area contributed by atoms with Gasteiger partial charge in [0.15, 0.2) is 11.2 Å². The van der Waals surface area contributed by atoms with E-state index in [4.69, 9.17) is 9.72 Å². The highest BCUT2D eigenvalue weighted by molar-refractivity contribution is 5.71. The van der Waals surface area contributed by atoms with E-state index in [1.165, 1.54) is 11.6 Å². The van der Waals surface area contributed by atoms with Crippen LogP contribution in [0.4, 0.5) is 0 Å². The predicted octanol–water partition coefficient (Wildman–Crippen LogP) is 1.76. The van der Waals surface area contributed by atoms with Gasteiger partial charge in [0.25, 0.3) is 5.56 Å². The molecule has 0 amide bonds. The molecule has 31 heavy (non-hydrogen) atoms. The zero-order valence-corrected chi connectivity index (χ0v) is 18.5. The van der Waals surface area contributed by atoms with E-state index in [9.17, 15) is 9.59 Å². The number of allylic oxidation sites excluding steroid dienone is 1. The Balaban J connectivity index is 1.76. The molecule has 0 spiro atoms. The molecule has 0 unspecified atom stereocenters. The minimum absolute atomic E-state index is 0.136. The van der Waals surface area contributed by atoms with Crippen molar-refractivity contribution in [3.63, 3.8) is 0 Å². The molecule has 0 aliphatic carbocycles. The number of imidazole rings is 1. The minimum Gasteiger partial charge on any atom is -0.373 e. The third-order valence-electron chi connectivity index (χ3n) is 5.69. The van der Waals surface area contributed by atoms with Gasteiger partial charge in [0.2, 0.25) is 0 Å². The Kier molecular flexibility index (Phi) is 5.93. The van der Waals surface area contributed by atoms with Gasteiger partial charge in [-0.15, -0.1) is 0 Å². The fraction of sp³-hybridized carbons (Fsp3) is 0.435. The quantitative estimate of drug-likeness (QED) is 0.625. The number of nitrogens with zero attached hydrogens (tertiary/aromatic N) is 5. The molecule has 0 bridgehead atoms. The summed E-state index contributed by atoms with van der Waals surface area (Å²) in [6, 6.07) is 10.0. The Morgan fingerprint density at radius 1 is 1.06 bits per heavy atom. The molecule has 4 rings (SSSR count). The average molecular weight is 424 g/mol. The van der Waals surface area contributed by atoms with Crippen LogP contribution in [0.5, 0.6) is 0 Å². The summed E-state index contributed by atoms with van der Waals surface area (Å²) in [7, 11) is 3.16. The number of aromatic nitrogens is 4. The normalized spacial score (nSPS) is 20.1. The lowest BCUT2D eigenvalue weighted by Crippen LogP contribution is -2.45. The van der Waals surface area contributed by atoms with Crippen molar-refractivity contribution in [2.75, 3.05) is 13.1 Å². The van der Waals surface area contributed by atoms with Gasteiger partial charge in [-0.3, -0.25) is 18.8 Å². The summed E-state index contributed by atoms with van der Waals surface area (Å²) in [5.41, 5.74) is 1.26. The molecule has 3 heterocycles. The molecular weight excluding hydrogens is 394 g/mol. The number of fused-ring (bicyclic) bond motifs is 1. The first kappa shape index (κ1) is 21.3. The van der Waals surface area contributed by atoms with Crippen molar-refractivity contribution in [1.82, 2.24) is 23.6 Å². The summed E-state index contributed by atoms with van der Waals surface area (Å²) in [5.74, 6) is 0.771. The van der Waals surface area contributed by atoms with E-state index in [0.29, 0.717) is 24.3 Å². The Morgan fingerprint density at radius 3 is 2.42 bits per heavy atom. The number of aryl methyl sites for hydroxylation is 1.